The van der Waals surface area contributed by atoms with Crippen molar-refractivity contribution in [3.63, 3.8) is 0 Å². The third-order valence-electron chi connectivity index (χ3n) is 2.19. The van der Waals surface area contributed by atoms with E-state index >= 15 is 0 Å². The van der Waals surface area contributed by atoms with Crippen LogP contribution in [0.2, 0.25) is 0 Å². The summed E-state index contributed by atoms with van der Waals surface area (Å²) in [5, 5.41) is 3.71. The zero-order valence-corrected chi connectivity index (χ0v) is 9.92. The van der Waals surface area contributed by atoms with E-state index in [1.165, 1.54) is 6.20 Å². The Hall–Kier alpha value is -2.09. The van der Waals surface area contributed by atoms with Crippen molar-refractivity contribution in [3.8, 4) is 11.6 Å². The predicted molar refractivity (Wildman–Crippen MR) is 62.5 cm³/mol. The largest absolute Gasteiger partial charge is 0.397 e. The molecule has 2 N–H and O–H groups in total. The van der Waals surface area contributed by atoms with E-state index in [1.807, 2.05) is 0 Å². The van der Waals surface area contributed by atoms with Crippen LogP contribution in [0.3, 0.4) is 0 Å². The van der Waals surface area contributed by atoms with Crippen LogP contribution in [0.4, 0.5) is 14.5 Å². The second-order valence-electron chi connectivity index (χ2n) is 3.71. The van der Waals surface area contributed by atoms with Gasteiger partial charge in [-0.05, 0) is 12.1 Å². The maximum Gasteiger partial charge on any atom is 0.276 e. The van der Waals surface area contributed by atoms with Crippen LogP contribution in [-0.4, -0.2) is 34.8 Å². The maximum absolute atomic E-state index is 11.8. The van der Waals surface area contributed by atoms with Crippen LogP contribution in [0.1, 0.15) is 5.82 Å². The number of nitrogen functional groups attached to an aromatic ring is 1. The van der Waals surface area contributed by atoms with E-state index in [0.717, 1.165) is 0 Å². The lowest BCUT2D eigenvalue weighted by atomic mass is 10.3. The molecule has 0 spiro atoms. The van der Waals surface area contributed by atoms with E-state index in [9.17, 15) is 8.78 Å². The molecule has 2 rings (SSSR count). The van der Waals surface area contributed by atoms with E-state index in [0.29, 0.717) is 23.6 Å². The van der Waals surface area contributed by atoms with Crippen molar-refractivity contribution in [2.75, 3.05) is 18.9 Å². The lowest BCUT2D eigenvalue weighted by Gasteiger charge is -1.99. The first kappa shape index (κ1) is 13.3. The molecule has 2 aromatic heterocycles. The highest BCUT2D eigenvalue weighted by Gasteiger charge is 2.10. The molecule has 8 heteroatoms. The van der Waals surface area contributed by atoms with Gasteiger partial charge in [-0.3, -0.25) is 0 Å². The molecule has 0 amide bonds. The van der Waals surface area contributed by atoms with Gasteiger partial charge in [0, 0.05) is 6.42 Å². The van der Waals surface area contributed by atoms with Crippen molar-refractivity contribution in [2.24, 2.45) is 0 Å². The normalized spacial score (nSPS) is 11.1. The number of anilines is 1. The Kier molecular flexibility index (Phi) is 4.35. The highest BCUT2D eigenvalue weighted by Crippen LogP contribution is 2.15. The molecule has 0 aliphatic carbocycles. The second-order valence-corrected chi connectivity index (χ2v) is 3.71. The summed E-state index contributed by atoms with van der Waals surface area (Å²) >= 11 is 0. The minimum absolute atomic E-state index is 0.110. The van der Waals surface area contributed by atoms with Crippen LogP contribution in [-0.2, 0) is 11.2 Å². The van der Waals surface area contributed by atoms with Crippen molar-refractivity contribution in [1.82, 2.24) is 15.1 Å². The van der Waals surface area contributed by atoms with Crippen molar-refractivity contribution < 1.29 is 18.0 Å². The molecule has 102 valence electrons. The molecule has 0 aliphatic heterocycles. The fourth-order valence-corrected chi connectivity index (χ4v) is 1.33. The van der Waals surface area contributed by atoms with E-state index in [2.05, 4.69) is 15.1 Å². The fraction of sp³-hybridized carbons (Fsp3) is 0.364. The smallest absolute Gasteiger partial charge is 0.276 e. The number of hydrogen-bond donors (Lipinski definition) is 1. The Bertz CT molecular complexity index is 516. The molecule has 2 heterocycles. The van der Waals surface area contributed by atoms with Gasteiger partial charge in [0.1, 0.15) is 12.3 Å². The number of nitrogens with two attached hydrogens (primary N) is 1. The van der Waals surface area contributed by atoms with Crippen molar-refractivity contribution in [3.05, 3.63) is 24.2 Å². The van der Waals surface area contributed by atoms with E-state index in [-0.39, 0.29) is 12.5 Å². The van der Waals surface area contributed by atoms with Crippen molar-refractivity contribution in [2.45, 2.75) is 12.8 Å². The van der Waals surface area contributed by atoms with Crippen LogP contribution in [0, 0.1) is 0 Å². The van der Waals surface area contributed by atoms with Crippen LogP contribution < -0.4 is 5.73 Å². The Morgan fingerprint density at radius 3 is 2.89 bits per heavy atom. The van der Waals surface area contributed by atoms with Gasteiger partial charge in [0.15, 0.2) is 5.82 Å². The minimum Gasteiger partial charge on any atom is -0.397 e. The highest BCUT2D eigenvalue weighted by atomic mass is 19.3. The number of nitrogens with zero attached hydrogens (tertiary/aromatic N) is 3. The number of aromatic nitrogens is 3. The van der Waals surface area contributed by atoms with Gasteiger partial charge in [0.05, 0.1) is 18.5 Å². The number of rotatable bonds is 6. The lowest BCUT2D eigenvalue weighted by Crippen LogP contribution is -2.07. The van der Waals surface area contributed by atoms with Crippen molar-refractivity contribution in [1.29, 1.82) is 0 Å². The van der Waals surface area contributed by atoms with Gasteiger partial charge in [-0.25, -0.2) is 13.8 Å². The second kappa shape index (κ2) is 6.19. The van der Waals surface area contributed by atoms with Gasteiger partial charge >= 0.3 is 0 Å². The summed E-state index contributed by atoms with van der Waals surface area (Å²) in [4.78, 5) is 8.11. The zero-order chi connectivity index (χ0) is 13.7. The molecule has 0 aromatic carbocycles. The maximum atomic E-state index is 11.8. The quantitative estimate of drug-likeness (QED) is 0.801. The van der Waals surface area contributed by atoms with Gasteiger partial charge in [0.2, 0.25) is 0 Å². The fourth-order valence-electron chi connectivity index (χ4n) is 1.33. The van der Waals surface area contributed by atoms with E-state index in [1.54, 1.807) is 12.1 Å². The number of pyridine rings is 1. The zero-order valence-electron chi connectivity index (χ0n) is 9.92. The van der Waals surface area contributed by atoms with Gasteiger partial charge in [-0.1, -0.05) is 5.16 Å². The summed E-state index contributed by atoms with van der Waals surface area (Å²) in [5.41, 5.74) is 6.54. The Morgan fingerprint density at radius 1 is 1.37 bits per heavy atom. The van der Waals surface area contributed by atoms with Crippen LogP contribution >= 0.6 is 0 Å². The van der Waals surface area contributed by atoms with E-state index in [4.69, 9.17) is 15.0 Å². The first-order chi connectivity index (χ1) is 9.15. The summed E-state index contributed by atoms with van der Waals surface area (Å²) in [6, 6.07) is 3.32. The van der Waals surface area contributed by atoms with E-state index < -0.39 is 13.0 Å². The third-order valence-corrected chi connectivity index (χ3v) is 2.19. The van der Waals surface area contributed by atoms with Gasteiger partial charge in [0.25, 0.3) is 12.3 Å². The Morgan fingerprint density at radius 2 is 2.21 bits per heavy atom. The summed E-state index contributed by atoms with van der Waals surface area (Å²) in [6.07, 6.45) is -0.698. The molecule has 0 saturated carbocycles. The highest BCUT2D eigenvalue weighted by molar-refractivity contribution is 5.50. The topological polar surface area (TPSA) is 87.1 Å². The van der Waals surface area contributed by atoms with Crippen LogP contribution in [0.25, 0.3) is 11.6 Å². The minimum atomic E-state index is -2.47. The molecular weight excluding hydrogens is 258 g/mol. The van der Waals surface area contributed by atoms with Crippen molar-refractivity contribution >= 4 is 5.69 Å². The third kappa shape index (κ3) is 3.95. The van der Waals surface area contributed by atoms with Crippen LogP contribution in [0.15, 0.2) is 22.9 Å². The monoisotopic (exact) mass is 270 g/mol. The van der Waals surface area contributed by atoms with Gasteiger partial charge < -0.3 is 15.0 Å². The lowest BCUT2D eigenvalue weighted by molar-refractivity contribution is 0.0182. The molecule has 0 bridgehead atoms. The number of hydrogen-bond acceptors (Lipinski definition) is 6. The SMILES string of the molecule is Nc1ccc(-c2nc(CCOCC(F)F)no2)nc1. The van der Waals surface area contributed by atoms with Gasteiger partial charge in [-0.15, -0.1) is 0 Å². The number of ether oxygens (including phenoxy) is 1. The number of halogens is 2. The van der Waals surface area contributed by atoms with Gasteiger partial charge in [-0.2, -0.15) is 4.98 Å². The molecule has 0 saturated heterocycles. The first-order valence-electron chi connectivity index (χ1n) is 5.55. The molecule has 19 heavy (non-hydrogen) atoms. The molecule has 0 unspecified atom stereocenters. The molecule has 6 nitrogen and oxygen atoms in total. The molecule has 2 aromatic rings. The Labute approximate surface area is 107 Å². The summed E-state index contributed by atoms with van der Waals surface area (Å²) < 4.78 is 33.4. The first-order valence-corrected chi connectivity index (χ1v) is 5.55. The molecule has 0 radical (unpaired) electrons. The summed E-state index contributed by atoms with van der Waals surface area (Å²) in [5.74, 6) is 0.631. The Balaban J connectivity index is 1.90. The summed E-state index contributed by atoms with van der Waals surface area (Å²) in [6.45, 7) is -0.483. The number of alkyl halides is 2. The predicted octanol–water partition coefficient (Wildman–Crippen LogP) is 1.54. The molecule has 0 fully saturated rings. The molecule has 0 atom stereocenters. The van der Waals surface area contributed by atoms with Crippen LogP contribution in [0.5, 0.6) is 0 Å². The summed E-state index contributed by atoms with van der Waals surface area (Å²) in [7, 11) is 0. The molecule has 0 aliphatic rings. The average molecular weight is 270 g/mol. The standard InChI is InChI=1S/C11H12F2N4O2/c12-9(13)6-18-4-3-10-16-11(19-17-10)8-2-1-7(14)5-15-8/h1-2,5,9H,3-4,6,14H2. The average Bonchev–Trinajstić information content (AvgIpc) is 2.84. The molecular formula is C11H12F2N4O2.